The van der Waals surface area contributed by atoms with Crippen LogP contribution in [0.1, 0.15) is 47.3 Å². The van der Waals surface area contributed by atoms with Crippen molar-refractivity contribution in [3.8, 4) is 0 Å². The molecule has 1 amide bonds. The molecule has 2 unspecified atom stereocenters. The Labute approximate surface area is 184 Å². The Kier molecular flexibility index (Phi) is 5.41. The highest BCUT2D eigenvalue weighted by atomic mass is 16.5. The zero-order chi connectivity index (χ0) is 21.9. The van der Waals surface area contributed by atoms with Gasteiger partial charge in [-0.1, -0.05) is 6.07 Å². The minimum Gasteiger partial charge on any atom is -0.467 e. The summed E-state index contributed by atoms with van der Waals surface area (Å²) in [5.41, 5.74) is 2.03. The highest BCUT2D eigenvalue weighted by Gasteiger charge is 2.45. The molecule has 1 fully saturated rings. The van der Waals surface area contributed by atoms with Crippen molar-refractivity contribution in [1.29, 1.82) is 0 Å². The number of hydrogen-bond acceptors (Lipinski definition) is 7. The second-order valence-electron chi connectivity index (χ2n) is 7.66. The number of ether oxygens (including phenoxy) is 1. The average Bonchev–Trinajstić information content (AvgIpc) is 3.58. The molecule has 0 radical (unpaired) electrons. The molecule has 0 N–H and O–H groups in total. The molecule has 32 heavy (non-hydrogen) atoms. The van der Waals surface area contributed by atoms with Crippen molar-refractivity contribution in [2.75, 3.05) is 6.61 Å². The Balaban J connectivity index is 1.40. The summed E-state index contributed by atoms with van der Waals surface area (Å²) in [4.78, 5) is 29.3. The van der Waals surface area contributed by atoms with Crippen LogP contribution in [0.25, 0.3) is 6.08 Å². The minimum atomic E-state index is -0.656. The third-order valence-electron chi connectivity index (χ3n) is 5.65. The number of aromatic nitrogens is 1. The third-order valence-corrected chi connectivity index (χ3v) is 5.65. The SMILES string of the molecule is O=C(OCC(=O)N1N=C2C(=Cc3ccco3)CCCC2C1c1ccco1)c1ccccn1. The molecule has 162 valence electrons. The number of allylic oxidation sites excluding steroid dienone is 1. The maximum absolute atomic E-state index is 13.1. The first-order valence-corrected chi connectivity index (χ1v) is 10.5. The number of rotatable bonds is 5. The number of carbonyl (C=O) groups is 2. The van der Waals surface area contributed by atoms with Gasteiger partial charge in [-0.3, -0.25) is 4.79 Å². The zero-order valence-electron chi connectivity index (χ0n) is 17.2. The molecular formula is C24H21N3O5. The van der Waals surface area contributed by atoms with Crippen LogP contribution in [-0.2, 0) is 9.53 Å². The number of hydrogen-bond donors (Lipinski definition) is 0. The molecule has 1 aliphatic heterocycles. The summed E-state index contributed by atoms with van der Waals surface area (Å²) in [6.45, 7) is -0.437. The van der Waals surface area contributed by atoms with Crippen LogP contribution in [-0.4, -0.2) is 34.2 Å². The minimum absolute atomic E-state index is 0.00782. The topological polar surface area (TPSA) is 98.1 Å². The van der Waals surface area contributed by atoms with Crippen LogP contribution < -0.4 is 0 Å². The fraction of sp³-hybridized carbons (Fsp3) is 0.250. The van der Waals surface area contributed by atoms with Gasteiger partial charge in [-0.05, 0) is 67.3 Å². The molecular weight excluding hydrogens is 410 g/mol. The Morgan fingerprint density at radius 1 is 1.12 bits per heavy atom. The Morgan fingerprint density at radius 2 is 2.00 bits per heavy atom. The van der Waals surface area contributed by atoms with Crippen molar-refractivity contribution in [2.45, 2.75) is 25.3 Å². The first kappa shape index (κ1) is 20.0. The molecule has 0 aromatic carbocycles. The quantitative estimate of drug-likeness (QED) is 0.560. The first-order valence-electron chi connectivity index (χ1n) is 10.5. The molecule has 3 aromatic rings. The van der Waals surface area contributed by atoms with E-state index in [1.165, 1.54) is 17.3 Å². The van der Waals surface area contributed by atoms with Crippen LogP contribution >= 0.6 is 0 Å². The molecule has 8 nitrogen and oxygen atoms in total. The van der Waals surface area contributed by atoms with E-state index in [0.717, 1.165) is 36.3 Å². The Hall–Kier alpha value is -3.94. The van der Waals surface area contributed by atoms with Gasteiger partial charge in [0.1, 0.15) is 23.3 Å². The van der Waals surface area contributed by atoms with Gasteiger partial charge in [-0.2, -0.15) is 5.10 Å². The molecule has 2 aliphatic rings. The van der Waals surface area contributed by atoms with Crippen molar-refractivity contribution < 1.29 is 23.2 Å². The highest BCUT2D eigenvalue weighted by molar-refractivity contribution is 6.08. The van der Waals surface area contributed by atoms with E-state index in [0.29, 0.717) is 5.76 Å². The molecule has 4 heterocycles. The van der Waals surface area contributed by atoms with E-state index in [9.17, 15) is 9.59 Å². The van der Waals surface area contributed by atoms with Crippen LogP contribution in [0, 0.1) is 5.92 Å². The van der Waals surface area contributed by atoms with E-state index >= 15 is 0 Å². The molecule has 0 bridgehead atoms. The smallest absolute Gasteiger partial charge is 0.357 e. The van der Waals surface area contributed by atoms with Gasteiger partial charge in [0.05, 0.1) is 18.2 Å². The van der Waals surface area contributed by atoms with E-state index < -0.39 is 18.5 Å². The maximum atomic E-state index is 13.1. The van der Waals surface area contributed by atoms with Gasteiger partial charge >= 0.3 is 5.97 Å². The van der Waals surface area contributed by atoms with Gasteiger partial charge in [0.15, 0.2) is 6.61 Å². The van der Waals surface area contributed by atoms with E-state index in [4.69, 9.17) is 13.6 Å². The van der Waals surface area contributed by atoms with Crippen LogP contribution in [0.4, 0.5) is 0 Å². The van der Waals surface area contributed by atoms with E-state index in [1.807, 2.05) is 24.3 Å². The summed E-state index contributed by atoms with van der Waals surface area (Å²) < 4.78 is 16.3. The predicted octanol–water partition coefficient (Wildman–Crippen LogP) is 4.25. The Morgan fingerprint density at radius 3 is 2.75 bits per heavy atom. The molecule has 1 aliphatic carbocycles. The second kappa shape index (κ2) is 8.66. The van der Waals surface area contributed by atoms with Gasteiger partial charge < -0.3 is 13.6 Å². The predicted molar refractivity (Wildman–Crippen MR) is 114 cm³/mol. The molecule has 5 rings (SSSR count). The lowest BCUT2D eigenvalue weighted by Crippen LogP contribution is -2.34. The van der Waals surface area contributed by atoms with Gasteiger partial charge in [-0.25, -0.2) is 14.8 Å². The molecule has 2 atom stereocenters. The number of nitrogens with zero attached hydrogens (tertiary/aromatic N) is 3. The van der Waals surface area contributed by atoms with Gasteiger partial charge in [0, 0.05) is 12.1 Å². The lowest BCUT2D eigenvalue weighted by Gasteiger charge is -2.27. The number of hydrazone groups is 1. The van der Waals surface area contributed by atoms with Crippen LogP contribution in [0.5, 0.6) is 0 Å². The molecule has 8 heteroatoms. The van der Waals surface area contributed by atoms with Crippen LogP contribution in [0.2, 0.25) is 0 Å². The lowest BCUT2D eigenvalue weighted by atomic mass is 9.79. The van der Waals surface area contributed by atoms with Crippen molar-refractivity contribution in [3.05, 3.63) is 84.0 Å². The summed E-state index contributed by atoms with van der Waals surface area (Å²) >= 11 is 0. The standard InChI is InChI=1S/C24H21N3O5/c28-21(15-32-24(29)19-9-1-2-11-25-19)27-23(20-10-5-13-31-20)18-8-3-6-16(22(18)26-27)14-17-7-4-12-30-17/h1-2,4-5,7,9-14,18,23H,3,6,8,15H2. The Bertz CT molecular complexity index is 1150. The number of amides is 1. The van der Waals surface area contributed by atoms with Crippen molar-refractivity contribution in [2.24, 2.45) is 11.0 Å². The molecule has 0 spiro atoms. The van der Waals surface area contributed by atoms with Gasteiger partial charge in [0.2, 0.25) is 0 Å². The van der Waals surface area contributed by atoms with Crippen molar-refractivity contribution >= 4 is 23.7 Å². The zero-order valence-corrected chi connectivity index (χ0v) is 17.2. The number of furan rings is 2. The van der Waals surface area contributed by atoms with E-state index in [1.54, 1.807) is 30.7 Å². The van der Waals surface area contributed by atoms with E-state index in [2.05, 4.69) is 10.1 Å². The van der Waals surface area contributed by atoms with Crippen molar-refractivity contribution in [1.82, 2.24) is 9.99 Å². The van der Waals surface area contributed by atoms with Crippen LogP contribution in [0.15, 0.2) is 80.7 Å². The number of esters is 1. The van der Waals surface area contributed by atoms with Gasteiger partial charge in [0.25, 0.3) is 5.91 Å². The van der Waals surface area contributed by atoms with Gasteiger partial charge in [-0.15, -0.1) is 0 Å². The summed E-state index contributed by atoms with van der Waals surface area (Å²) in [6, 6.07) is 11.9. The third kappa shape index (κ3) is 3.87. The molecule has 1 saturated carbocycles. The summed E-state index contributed by atoms with van der Waals surface area (Å²) in [5.74, 6) is 0.307. The monoisotopic (exact) mass is 431 g/mol. The number of fused-ring (bicyclic) bond motifs is 1. The fourth-order valence-electron chi connectivity index (χ4n) is 4.24. The summed E-state index contributed by atoms with van der Waals surface area (Å²) in [5, 5.41) is 6.08. The first-order chi connectivity index (χ1) is 15.7. The largest absolute Gasteiger partial charge is 0.467 e. The summed E-state index contributed by atoms with van der Waals surface area (Å²) in [7, 11) is 0. The summed E-state index contributed by atoms with van der Waals surface area (Å²) in [6.07, 6.45) is 9.35. The highest BCUT2D eigenvalue weighted by Crippen LogP contribution is 2.44. The lowest BCUT2D eigenvalue weighted by molar-refractivity contribution is -0.137. The number of pyridine rings is 1. The fourth-order valence-corrected chi connectivity index (χ4v) is 4.24. The van der Waals surface area contributed by atoms with Crippen LogP contribution in [0.3, 0.4) is 0 Å². The maximum Gasteiger partial charge on any atom is 0.357 e. The molecule has 0 saturated heterocycles. The average molecular weight is 431 g/mol. The number of carbonyl (C=O) groups excluding carboxylic acids is 2. The normalized spacial score (nSPS) is 21.3. The van der Waals surface area contributed by atoms with Crippen molar-refractivity contribution in [3.63, 3.8) is 0 Å². The van der Waals surface area contributed by atoms with E-state index in [-0.39, 0.29) is 17.7 Å². The molecule has 3 aromatic heterocycles. The second-order valence-corrected chi connectivity index (χ2v) is 7.66.